The van der Waals surface area contributed by atoms with Gasteiger partial charge in [0.15, 0.2) is 0 Å². The Bertz CT molecular complexity index is 533. The van der Waals surface area contributed by atoms with Gasteiger partial charge in [0.25, 0.3) is 0 Å². The second-order valence-electron chi connectivity index (χ2n) is 6.01. The Morgan fingerprint density at radius 3 is 3.00 bits per heavy atom. The number of hydrogen-bond acceptors (Lipinski definition) is 5. The summed E-state index contributed by atoms with van der Waals surface area (Å²) in [5.41, 5.74) is 1.16. The van der Waals surface area contributed by atoms with Crippen molar-refractivity contribution in [3.8, 4) is 0 Å². The number of ether oxygens (including phenoxy) is 2. The lowest BCUT2D eigenvalue weighted by molar-refractivity contribution is -0.162. The van der Waals surface area contributed by atoms with Crippen LogP contribution in [0.1, 0.15) is 26.2 Å². The SMILES string of the molecule is C=CCOC(=O)C1=C([C@H]2CCCO2)C[C@@H]2[C@@H]([C@@H](C)O)C(=O)N12. The number of carbonyl (C=O) groups is 2. The molecule has 120 valence electrons. The number of aliphatic hydroxyl groups excluding tert-OH is 1. The normalized spacial score (nSPS) is 31.8. The van der Waals surface area contributed by atoms with Crippen molar-refractivity contribution in [3.63, 3.8) is 0 Å². The smallest absolute Gasteiger partial charge is 0.355 e. The molecule has 3 aliphatic heterocycles. The Labute approximate surface area is 129 Å². The number of amides is 1. The van der Waals surface area contributed by atoms with Crippen LogP contribution in [0.2, 0.25) is 0 Å². The highest BCUT2D eigenvalue weighted by atomic mass is 16.5. The molecule has 2 fully saturated rings. The molecule has 0 aromatic rings. The van der Waals surface area contributed by atoms with Gasteiger partial charge in [0.05, 0.1) is 24.2 Å². The first-order valence-corrected chi connectivity index (χ1v) is 7.70. The molecule has 0 aromatic heterocycles. The predicted octanol–water partition coefficient (Wildman–Crippen LogP) is 0.760. The van der Waals surface area contributed by atoms with E-state index in [2.05, 4.69) is 6.58 Å². The standard InChI is InChI=1S/C16H21NO5/c1-3-6-22-16(20)14-10(12-5-4-7-21-12)8-11-13(9(2)18)15(19)17(11)14/h3,9,11-13,18H,1,4-8H2,2H3/t9-,11-,12-,13-/m1/s1. The predicted molar refractivity (Wildman–Crippen MR) is 77.6 cm³/mol. The Balaban J connectivity index is 1.88. The second kappa shape index (κ2) is 5.85. The molecule has 1 N–H and O–H groups in total. The van der Waals surface area contributed by atoms with Crippen molar-refractivity contribution in [3.05, 3.63) is 23.9 Å². The molecule has 3 rings (SSSR count). The molecule has 0 bridgehead atoms. The van der Waals surface area contributed by atoms with E-state index >= 15 is 0 Å². The van der Waals surface area contributed by atoms with E-state index in [1.807, 2.05) is 0 Å². The summed E-state index contributed by atoms with van der Waals surface area (Å²) in [4.78, 5) is 26.1. The molecular weight excluding hydrogens is 286 g/mol. The Morgan fingerprint density at radius 1 is 1.64 bits per heavy atom. The van der Waals surface area contributed by atoms with Crippen LogP contribution in [-0.2, 0) is 19.1 Å². The number of aliphatic hydroxyl groups is 1. The first-order chi connectivity index (χ1) is 10.6. The van der Waals surface area contributed by atoms with Gasteiger partial charge in [0.2, 0.25) is 5.91 Å². The summed E-state index contributed by atoms with van der Waals surface area (Å²) in [6, 6.07) is -0.155. The topological polar surface area (TPSA) is 76.1 Å². The summed E-state index contributed by atoms with van der Waals surface area (Å²) >= 11 is 0. The number of β-lactam (4-membered cyclic amide) rings is 1. The summed E-state index contributed by atoms with van der Waals surface area (Å²) in [6.45, 7) is 5.91. The molecule has 6 heteroatoms. The molecule has 1 amide bonds. The van der Waals surface area contributed by atoms with Gasteiger partial charge in [-0.15, -0.1) is 0 Å². The number of nitrogens with zero attached hydrogens (tertiary/aromatic N) is 1. The highest BCUT2D eigenvalue weighted by Gasteiger charge is 2.57. The van der Waals surface area contributed by atoms with E-state index in [-0.39, 0.29) is 24.7 Å². The van der Waals surface area contributed by atoms with Crippen molar-refractivity contribution >= 4 is 11.9 Å². The number of carbonyl (C=O) groups excluding carboxylic acids is 2. The molecule has 0 spiro atoms. The lowest BCUT2D eigenvalue weighted by Crippen LogP contribution is -2.61. The van der Waals surface area contributed by atoms with Crippen LogP contribution in [-0.4, -0.2) is 53.3 Å². The molecule has 3 aliphatic rings. The van der Waals surface area contributed by atoms with Crippen LogP contribution in [0.15, 0.2) is 23.9 Å². The molecule has 6 nitrogen and oxygen atoms in total. The molecule has 0 radical (unpaired) electrons. The Kier molecular flexibility index (Phi) is 4.06. The van der Waals surface area contributed by atoms with Gasteiger partial charge < -0.3 is 19.5 Å². The minimum Gasteiger partial charge on any atom is -0.457 e. The van der Waals surface area contributed by atoms with Crippen LogP contribution in [0.5, 0.6) is 0 Å². The number of esters is 1. The summed E-state index contributed by atoms with van der Waals surface area (Å²) < 4.78 is 10.8. The van der Waals surface area contributed by atoms with E-state index in [0.717, 1.165) is 18.4 Å². The third-order valence-electron chi connectivity index (χ3n) is 4.61. The maximum atomic E-state index is 12.3. The van der Waals surface area contributed by atoms with Gasteiger partial charge in [-0.25, -0.2) is 4.79 Å². The molecule has 3 heterocycles. The highest BCUT2D eigenvalue weighted by Crippen LogP contribution is 2.46. The number of fused-ring (bicyclic) bond motifs is 1. The molecule has 22 heavy (non-hydrogen) atoms. The second-order valence-corrected chi connectivity index (χ2v) is 6.01. The van der Waals surface area contributed by atoms with Crippen LogP contribution in [0.25, 0.3) is 0 Å². The minimum atomic E-state index is -0.719. The summed E-state index contributed by atoms with van der Waals surface area (Å²) in [7, 11) is 0. The fourth-order valence-corrected chi connectivity index (χ4v) is 3.63. The maximum Gasteiger partial charge on any atom is 0.355 e. The lowest BCUT2D eigenvalue weighted by atomic mass is 9.82. The van der Waals surface area contributed by atoms with Crippen molar-refractivity contribution in [1.29, 1.82) is 0 Å². The number of hydrogen-bond donors (Lipinski definition) is 1. The summed E-state index contributed by atoms with van der Waals surface area (Å²) in [5, 5.41) is 9.78. The lowest BCUT2D eigenvalue weighted by Gasteiger charge is -2.44. The van der Waals surface area contributed by atoms with Gasteiger partial charge in [-0.1, -0.05) is 12.7 Å². The van der Waals surface area contributed by atoms with Gasteiger partial charge in [0.1, 0.15) is 12.3 Å². The third kappa shape index (κ3) is 2.27. The van der Waals surface area contributed by atoms with E-state index in [9.17, 15) is 14.7 Å². The van der Waals surface area contributed by atoms with Crippen LogP contribution >= 0.6 is 0 Å². The maximum absolute atomic E-state index is 12.3. The van der Waals surface area contributed by atoms with E-state index in [1.165, 1.54) is 11.0 Å². The number of rotatable bonds is 5. The largest absolute Gasteiger partial charge is 0.457 e. The van der Waals surface area contributed by atoms with Gasteiger partial charge in [0, 0.05) is 6.61 Å². The average Bonchev–Trinajstić information content (AvgIpc) is 3.09. The zero-order valence-corrected chi connectivity index (χ0v) is 12.7. The monoisotopic (exact) mass is 307 g/mol. The van der Waals surface area contributed by atoms with Gasteiger partial charge >= 0.3 is 5.97 Å². The first-order valence-electron chi connectivity index (χ1n) is 7.70. The van der Waals surface area contributed by atoms with Crippen molar-refractivity contribution in [2.45, 2.75) is 44.4 Å². The molecule has 0 aromatic carbocycles. The summed E-state index contributed by atoms with van der Waals surface area (Å²) in [6.07, 6.45) is 3.02. The quantitative estimate of drug-likeness (QED) is 0.461. The van der Waals surface area contributed by atoms with Crippen LogP contribution in [0.3, 0.4) is 0 Å². The molecular formula is C16H21NO5. The first kappa shape index (κ1) is 15.2. The minimum absolute atomic E-state index is 0.105. The molecule has 0 saturated carbocycles. The van der Waals surface area contributed by atoms with Gasteiger partial charge in [-0.2, -0.15) is 0 Å². The van der Waals surface area contributed by atoms with Crippen LogP contribution < -0.4 is 0 Å². The molecule has 2 saturated heterocycles. The van der Waals surface area contributed by atoms with Crippen molar-refractivity contribution in [2.24, 2.45) is 5.92 Å². The van der Waals surface area contributed by atoms with Crippen molar-refractivity contribution in [1.82, 2.24) is 4.90 Å². The van der Waals surface area contributed by atoms with Crippen molar-refractivity contribution < 1.29 is 24.2 Å². The van der Waals surface area contributed by atoms with E-state index < -0.39 is 18.0 Å². The fourth-order valence-electron chi connectivity index (χ4n) is 3.63. The van der Waals surface area contributed by atoms with E-state index in [4.69, 9.17) is 9.47 Å². The highest BCUT2D eigenvalue weighted by molar-refractivity contribution is 6.00. The third-order valence-corrected chi connectivity index (χ3v) is 4.61. The zero-order valence-electron chi connectivity index (χ0n) is 12.7. The van der Waals surface area contributed by atoms with E-state index in [1.54, 1.807) is 6.92 Å². The van der Waals surface area contributed by atoms with Crippen LogP contribution in [0.4, 0.5) is 0 Å². The van der Waals surface area contributed by atoms with E-state index in [0.29, 0.717) is 18.7 Å². The van der Waals surface area contributed by atoms with Crippen LogP contribution in [0, 0.1) is 5.92 Å². The molecule has 0 unspecified atom stereocenters. The van der Waals surface area contributed by atoms with Gasteiger partial charge in [-0.3, -0.25) is 4.79 Å². The summed E-state index contributed by atoms with van der Waals surface area (Å²) in [5.74, 6) is -1.16. The Hall–Kier alpha value is -1.66. The Morgan fingerprint density at radius 2 is 2.41 bits per heavy atom. The molecule has 0 aliphatic carbocycles. The molecule has 4 atom stereocenters. The fraction of sp³-hybridized carbons (Fsp3) is 0.625. The zero-order chi connectivity index (χ0) is 15.9. The van der Waals surface area contributed by atoms with Crippen molar-refractivity contribution in [2.75, 3.05) is 13.2 Å². The van der Waals surface area contributed by atoms with Gasteiger partial charge in [-0.05, 0) is 31.8 Å². The average molecular weight is 307 g/mol.